The molecule has 0 rings (SSSR count). The summed E-state index contributed by atoms with van der Waals surface area (Å²) in [7, 11) is 0. The van der Waals surface area contributed by atoms with Crippen LogP contribution in [-0.2, 0) is 4.79 Å². The maximum absolute atomic E-state index is 10.3. The second-order valence-electron chi connectivity index (χ2n) is 5.75. The highest BCUT2D eigenvalue weighted by Gasteiger charge is 1.90. The summed E-state index contributed by atoms with van der Waals surface area (Å²) in [5.41, 5.74) is 0. The Bertz CT molecular complexity index is 425. The first-order valence-corrected chi connectivity index (χ1v) is 9.25. The van der Waals surface area contributed by atoms with Crippen LogP contribution in [0.1, 0.15) is 71.1 Å². The molecule has 0 aliphatic heterocycles. The third kappa shape index (κ3) is 20.2. The van der Waals surface area contributed by atoms with Crippen LogP contribution >= 0.6 is 0 Å². The van der Waals surface area contributed by atoms with E-state index in [1.54, 1.807) is 0 Å². The molecule has 0 saturated heterocycles. The van der Waals surface area contributed by atoms with E-state index < -0.39 is 5.97 Å². The largest absolute Gasteiger partial charge is 0.481 e. The van der Waals surface area contributed by atoms with Gasteiger partial charge in [0.1, 0.15) is 0 Å². The Kier molecular flexibility index (Phi) is 17.8. The average Bonchev–Trinajstić information content (AvgIpc) is 2.56. The summed E-state index contributed by atoms with van der Waals surface area (Å²) in [6, 6.07) is 0. The molecule has 2 heteroatoms. The minimum absolute atomic E-state index is 0.214. The monoisotopic (exact) mass is 330 g/mol. The van der Waals surface area contributed by atoms with Crippen molar-refractivity contribution in [2.24, 2.45) is 0 Å². The summed E-state index contributed by atoms with van der Waals surface area (Å²) in [5.74, 6) is -0.738. The highest BCUT2D eigenvalue weighted by atomic mass is 16.4. The molecule has 0 aromatic heterocycles. The van der Waals surface area contributed by atoms with Crippen LogP contribution in [0.3, 0.4) is 0 Å². The van der Waals surface area contributed by atoms with Gasteiger partial charge in [-0.1, -0.05) is 80.5 Å². The Labute approximate surface area is 148 Å². The highest BCUT2D eigenvalue weighted by Crippen LogP contribution is 2.00. The lowest BCUT2D eigenvalue weighted by Gasteiger charge is -1.90. The molecule has 0 aromatic carbocycles. The third-order valence-electron chi connectivity index (χ3n) is 3.43. The van der Waals surface area contributed by atoms with Crippen molar-refractivity contribution in [3.05, 3.63) is 60.8 Å². The molecular weight excluding hydrogens is 296 g/mol. The molecule has 0 aliphatic carbocycles. The van der Waals surface area contributed by atoms with E-state index in [1.807, 2.05) is 12.2 Å². The van der Waals surface area contributed by atoms with Crippen LogP contribution in [0.15, 0.2) is 60.8 Å². The quantitative estimate of drug-likeness (QED) is 0.204. The van der Waals surface area contributed by atoms with Crippen molar-refractivity contribution < 1.29 is 9.90 Å². The standard InChI is InChI=1S/C22H34O2/c1-2-3-4-5-6-7-8-9-10-11-12-13-14-15-16-17-18-19-20-21-22(23)24/h6-9,12-13,15-16,18-19H,2-5,10-11,14,17,20-21H2,1H3,(H,23,24). The molecule has 0 amide bonds. The van der Waals surface area contributed by atoms with Gasteiger partial charge in [0.25, 0.3) is 0 Å². The van der Waals surface area contributed by atoms with E-state index in [1.165, 1.54) is 25.7 Å². The first-order valence-electron chi connectivity index (χ1n) is 9.25. The summed E-state index contributed by atoms with van der Waals surface area (Å²) in [6.07, 6.45) is 31.4. The van der Waals surface area contributed by atoms with Crippen molar-refractivity contribution >= 4 is 5.97 Å². The van der Waals surface area contributed by atoms with Gasteiger partial charge < -0.3 is 5.11 Å². The average molecular weight is 331 g/mol. The fourth-order valence-electron chi connectivity index (χ4n) is 2.04. The highest BCUT2D eigenvalue weighted by molar-refractivity contribution is 5.66. The number of carbonyl (C=O) groups is 1. The Morgan fingerprint density at radius 2 is 1.25 bits per heavy atom. The van der Waals surface area contributed by atoms with E-state index in [0.717, 1.165) is 25.7 Å². The number of carboxylic acid groups (broad SMARTS) is 1. The lowest BCUT2D eigenvalue weighted by molar-refractivity contribution is -0.136. The van der Waals surface area contributed by atoms with Gasteiger partial charge in [-0.15, -0.1) is 0 Å². The van der Waals surface area contributed by atoms with E-state index in [2.05, 4.69) is 55.5 Å². The number of carboxylic acids is 1. The number of hydrogen-bond acceptors (Lipinski definition) is 1. The van der Waals surface area contributed by atoms with Crippen molar-refractivity contribution in [1.29, 1.82) is 0 Å². The summed E-state index contributed by atoms with van der Waals surface area (Å²) < 4.78 is 0. The predicted octanol–water partition coefficient (Wildman–Crippen LogP) is 6.77. The van der Waals surface area contributed by atoms with E-state index >= 15 is 0 Å². The molecule has 0 saturated carbocycles. The number of aliphatic carboxylic acids is 1. The van der Waals surface area contributed by atoms with Crippen LogP contribution in [0.2, 0.25) is 0 Å². The molecule has 134 valence electrons. The zero-order chi connectivity index (χ0) is 17.7. The summed E-state index contributed by atoms with van der Waals surface area (Å²) >= 11 is 0. The Hall–Kier alpha value is -1.83. The summed E-state index contributed by atoms with van der Waals surface area (Å²) in [4.78, 5) is 10.3. The van der Waals surface area contributed by atoms with Crippen molar-refractivity contribution in [3.8, 4) is 0 Å². The van der Waals surface area contributed by atoms with E-state index in [0.29, 0.717) is 6.42 Å². The van der Waals surface area contributed by atoms with E-state index in [4.69, 9.17) is 5.11 Å². The number of allylic oxidation sites excluding steroid dienone is 10. The summed E-state index contributed by atoms with van der Waals surface area (Å²) in [5, 5.41) is 8.49. The zero-order valence-electron chi connectivity index (χ0n) is 15.2. The zero-order valence-corrected chi connectivity index (χ0v) is 15.2. The molecule has 0 atom stereocenters. The van der Waals surface area contributed by atoms with Crippen molar-refractivity contribution in [1.82, 2.24) is 0 Å². The van der Waals surface area contributed by atoms with Crippen molar-refractivity contribution in [2.45, 2.75) is 71.1 Å². The van der Waals surface area contributed by atoms with Crippen LogP contribution in [-0.4, -0.2) is 11.1 Å². The third-order valence-corrected chi connectivity index (χ3v) is 3.43. The van der Waals surface area contributed by atoms with Crippen LogP contribution in [0, 0.1) is 0 Å². The van der Waals surface area contributed by atoms with E-state index in [-0.39, 0.29) is 6.42 Å². The van der Waals surface area contributed by atoms with Crippen molar-refractivity contribution in [2.75, 3.05) is 0 Å². The number of rotatable bonds is 15. The van der Waals surface area contributed by atoms with Gasteiger partial charge in [-0.2, -0.15) is 0 Å². The van der Waals surface area contributed by atoms with Crippen molar-refractivity contribution in [3.63, 3.8) is 0 Å². The molecule has 0 aromatic rings. The van der Waals surface area contributed by atoms with Crippen LogP contribution in [0.5, 0.6) is 0 Å². The molecule has 2 nitrogen and oxygen atoms in total. The van der Waals surface area contributed by atoms with Crippen LogP contribution in [0.25, 0.3) is 0 Å². The Balaban J connectivity index is 3.45. The first kappa shape index (κ1) is 22.2. The summed E-state index contributed by atoms with van der Waals surface area (Å²) in [6.45, 7) is 2.23. The molecule has 1 N–H and O–H groups in total. The van der Waals surface area contributed by atoms with Gasteiger partial charge in [-0.05, 0) is 44.9 Å². The first-order chi connectivity index (χ1) is 11.8. The molecule has 0 heterocycles. The lowest BCUT2D eigenvalue weighted by atomic mass is 10.2. The molecule has 0 bridgehead atoms. The molecule has 0 aliphatic rings. The smallest absolute Gasteiger partial charge is 0.303 e. The Morgan fingerprint density at radius 3 is 1.88 bits per heavy atom. The molecule has 24 heavy (non-hydrogen) atoms. The second kappa shape index (κ2) is 19.2. The van der Waals surface area contributed by atoms with Gasteiger partial charge in [-0.3, -0.25) is 4.79 Å². The maximum Gasteiger partial charge on any atom is 0.303 e. The second-order valence-corrected chi connectivity index (χ2v) is 5.75. The normalized spacial score (nSPS) is 12.7. The maximum atomic E-state index is 10.3. The van der Waals surface area contributed by atoms with Crippen LogP contribution < -0.4 is 0 Å². The fraction of sp³-hybridized carbons (Fsp3) is 0.500. The van der Waals surface area contributed by atoms with Gasteiger partial charge in [-0.25, -0.2) is 0 Å². The van der Waals surface area contributed by atoms with Gasteiger partial charge in [0.15, 0.2) is 0 Å². The molecular formula is C22H34O2. The number of unbranched alkanes of at least 4 members (excludes halogenated alkanes) is 4. The predicted molar refractivity (Wildman–Crippen MR) is 105 cm³/mol. The minimum Gasteiger partial charge on any atom is -0.481 e. The van der Waals surface area contributed by atoms with E-state index in [9.17, 15) is 4.79 Å². The van der Waals surface area contributed by atoms with Gasteiger partial charge in [0, 0.05) is 6.42 Å². The van der Waals surface area contributed by atoms with Gasteiger partial charge in [0.05, 0.1) is 0 Å². The molecule has 0 fully saturated rings. The fourth-order valence-corrected chi connectivity index (χ4v) is 2.04. The molecule has 0 spiro atoms. The topological polar surface area (TPSA) is 37.3 Å². The van der Waals surface area contributed by atoms with Crippen LogP contribution in [0.4, 0.5) is 0 Å². The van der Waals surface area contributed by atoms with Gasteiger partial charge in [0.2, 0.25) is 0 Å². The van der Waals surface area contributed by atoms with Gasteiger partial charge >= 0.3 is 5.97 Å². The Morgan fingerprint density at radius 1 is 0.708 bits per heavy atom. The lowest BCUT2D eigenvalue weighted by Crippen LogP contribution is -1.91. The molecule has 0 radical (unpaired) electrons. The molecule has 0 unspecified atom stereocenters. The number of hydrogen-bond donors (Lipinski definition) is 1. The SMILES string of the molecule is CCCCCC=CC=CCCC=CCC=CCC=CCCC(=O)O. The minimum atomic E-state index is -0.738.